The highest BCUT2D eigenvalue weighted by molar-refractivity contribution is 6.06. The lowest BCUT2D eigenvalue weighted by molar-refractivity contribution is -0.130. The van der Waals surface area contributed by atoms with E-state index in [4.69, 9.17) is 0 Å². The number of carbonyl (C=O) groups is 2. The average Bonchev–Trinajstić information content (AvgIpc) is 2.92. The highest BCUT2D eigenvalue weighted by Gasteiger charge is 2.44. The maximum Gasteiger partial charge on any atom is 0.325 e. The molecule has 0 radical (unpaired) electrons. The summed E-state index contributed by atoms with van der Waals surface area (Å²) in [5.74, 6) is -0.111. The van der Waals surface area contributed by atoms with Gasteiger partial charge in [0.2, 0.25) is 0 Å². The summed E-state index contributed by atoms with van der Waals surface area (Å²) in [7, 11) is 0. The molecule has 1 N–H and O–H groups in total. The smallest absolute Gasteiger partial charge is 0.324 e. The van der Waals surface area contributed by atoms with Crippen LogP contribution in [0.4, 0.5) is 4.79 Å². The van der Waals surface area contributed by atoms with E-state index in [9.17, 15) is 9.59 Å². The third kappa shape index (κ3) is 2.91. The first-order valence-corrected chi connectivity index (χ1v) is 7.34. The Morgan fingerprint density at radius 1 is 1.32 bits per heavy atom. The van der Waals surface area contributed by atoms with E-state index in [1.807, 2.05) is 0 Å². The first-order chi connectivity index (χ1) is 8.95. The molecule has 0 aromatic rings. The van der Waals surface area contributed by atoms with Gasteiger partial charge in [-0.3, -0.25) is 14.6 Å². The Bertz CT molecular complexity index is 362. The van der Waals surface area contributed by atoms with E-state index >= 15 is 0 Å². The van der Waals surface area contributed by atoms with Gasteiger partial charge in [-0.05, 0) is 33.2 Å². The molecule has 0 unspecified atom stereocenters. The summed E-state index contributed by atoms with van der Waals surface area (Å²) in [6, 6.07) is 0.385. The van der Waals surface area contributed by atoms with Crippen LogP contribution in [0.1, 0.15) is 46.5 Å². The SMILES string of the molecule is CCN(CCN1C(=O)NC(C)(C)C1=O)C1CCCC1. The summed E-state index contributed by atoms with van der Waals surface area (Å²) in [6.07, 6.45) is 5.10. The Morgan fingerprint density at radius 3 is 2.42 bits per heavy atom. The van der Waals surface area contributed by atoms with Gasteiger partial charge in [0.15, 0.2) is 0 Å². The van der Waals surface area contributed by atoms with E-state index in [-0.39, 0.29) is 11.9 Å². The molecule has 0 aromatic heterocycles. The predicted molar refractivity (Wildman–Crippen MR) is 73.8 cm³/mol. The van der Waals surface area contributed by atoms with Crippen molar-refractivity contribution in [3.8, 4) is 0 Å². The van der Waals surface area contributed by atoms with Crippen LogP contribution >= 0.6 is 0 Å². The number of rotatable bonds is 5. The van der Waals surface area contributed by atoms with Crippen LogP contribution in [0, 0.1) is 0 Å². The fourth-order valence-corrected chi connectivity index (χ4v) is 3.12. The highest BCUT2D eigenvalue weighted by atomic mass is 16.2. The molecule has 0 aromatic carbocycles. The topological polar surface area (TPSA) is 52.6 Å². The standard InChI is InChI=1S/C14H25N3O2/c1-4-16(11-7-5-6-8-11)9-10-17-12(18)14(2,3)15-13(17)19/h11H,4-10H2,1-3H3,(H,15,19). The summed E-state index contributed by atoms with van der Waals surface area (Å²) in [6.45, 7) is 7.92. The summed E-state index contributed by atoms with van der Waals surface area (Å²) in [5.41, 5.74) is -0.749. The molecule has 0 bridgehead atoms. The van der Waals surface area contributed by atoms with Crippen LogP contribution in [-0.4, -0.2) is 53.0 Å². The lowest BCUT2D eigenvalue weighted by atomic mass is 10.1. The van der Waals surface area contributed by atoms with E-state index in [0.717, 1.165) is 13.1 Å². The highest BCUT2D eigenvalue weighted by Crippen LogP contribution is 2.23. The minimum absolute atomic E-state index is 0.111. The average molecular weight is 267 g/mol. The van der Waals surface area contributed by atoms with Gasteiger partial charge in [0, 0.05) is 19.1 Å². The van der Waals surface area contributed by atoms with Crippen molar-refractivity contribution in [2.75, 3.05) is 19.6 Å². The van der Waals surface area contributed by atoms with E-state index in [1.54, 1.807) is 13.8 Å². The third-order valence-corrected chi connectivity index (χ3v) is 4.30. The molecule has 1 aliphatic carbocycles. The molecule has 0 spiro atoms. The normalized spacial score (nSPS) is 23.5. The fraction of sp³-hybridized carbons (Fsp3) is 0.857. The van der Waals surface area contributed by atoms with Crippen molar-refractivity contribution in [2.24, 2.45) is 0 Å². The van der Waals surface area contributed by atoms with Crippen molar-refractivity contribution in [2.45, 2.75) is 58.0 Å². The molecule has 19 heavy (non-hydrogen) atoms. The number of amides is 3. The molecule has 5 heteroatoms. The van der Waals surface area contributed by atoms with Gasteiger partial charge in [0.05, 0.1) is 0 Å². The monoisotopic (exact) mass is 267 g/mol. The van der Waals surface area contributed by atoms with Crippen molar-refractivity contribution in [1.29, 1.82) is 0 Å². The number of hydrogen-bond donors (Lipinski definition) is 1. The molecule has 0 atom stereocenters. The summed E-state index contributed by atoms with van der Waals surface area (Å²) in [5, 5.41) is 2.72. The second-order valence-corrected chi connectivity index (χ2v) is 6.08. The van der Waals surface area contributed by atoms with Crippen molar-refractivity contribution in [1.82, 2.24) is 15.1 Å². The number of nitrogens with one attached hydrogen (secondary N) is 1. The van der Waals surface area contributed by atoms with Gasteiger partial charge in [-0.1, -0.05) is 19.8 Å². The maximum atomic E-state index is 12.1. The number of imide groups is 1. The quantitative estimate of drug-likeness (QED) is 0.769. The summed E-state index contributed by atoms with van der Waals surface area (Å²) in [4.78, 5) is 27.6. The largest absolute Gasteiger partial charge is 0.325 e. The lowest BCUT2D eigenvalue weighted by Crippen LogP contribution is -2.43. The Hall–Kier alpha value is -1.10. The second-order valence-electron chi connectivity index (χ2n) is 6.08. The molecular formula is C14H25N3O2. The molecule has 2 rings (SSSR count). The minimum Gasteiger partial charge on any atom is -0.324 e. The molecule has 1 heterocycles. The van der Waals surface area contributed by atoms with Gasteiger partial charge in [0.25, 0.3) is 5.91 Å². The molecule has 1 aliphatic heterocycles. The molecule has 3 amide bonds. The van der Waals surface area contributed by atoms with Crippen LogP contribution in [0.2, 0.25) is 0 Å². The molecule has 1 saturated carbocycles. The van der Waals surface area contributed by atoms with E-state index in [1.165, 1.54) is 30.6 Å². The van der Waals surface area contributed by atoms with Gasteiger partial charge in [-0.2, -0.15) is 0 Å². The van der Waals surface area contributed by atoms with Gasteiger partial charge in [-0.15, -0.1) is 0 Å². The Kier molecular flexibility index (Phi) is 4.13. The molecule has 108 valence electrons. The number of nitrogens with zero attached hydrogens (tertiary/aromatic N) is 2. The van der Waals surface area contributed by atoms with E-state index < -0.39 is 5.54 Å². The van der Waals surface area contributed by atoms with Gasteiger partial charge < -0.3 is 5.32 Å². The van der Waals surface area contributed by atoms with Gasteiger partial charge in [0.1, 0.15) is 5.54 Å². The zero-order chi connectivity index (χ0) is 14.0. The Balaban J connectivity index is 1.90. The van der Waals surface area contributed by atoms with Crippen LogP contribution in [0.25, 0.3) is 0 Å². The lowest BCUT2D eigenvalue weighted by Gasteiger charge is -2.28. The zero-order valence-electron chi connectivity index (χ0n) is 12.2. The van der Waals surface area contributed by atoms with Crippen LogP contribution in [0.15, 0.2) is 0 Å². The van der Waals surface area contributed by atoms with E-state index in [2.05, 4.69) is 17.1 Å². The Labute approximate surface area is 115 Å². The van der Waals surface area contributed by atoms with Crippen LogP contribution in [0.3, 0.4) is 0 Å². The van der Waals surface area contributed by atoms with Crippen LogP contribution < -0.4 is 5.32 Å². The number of carbonyl (C=O) groups excluding carboxylic acids is 2. The number of urea groups is 1. The van der Waals surface area contributed by atoms with Gasteiger partial charge in [-0.25, -0.2) is 4.79 Å². The molecule has 1 saturated heterocycles. The van der Waals surface area contributed by atoms with Gasteiger partial charge >= 0.3 is 6.03 Å². The molecule has 2 fully saturated rings. The van der Waals surface area contributed by atoms with E-state index in [0.29, 0.717) is 12.6 Å². The predicted octanol–water partition coefficient (Wildman–Crippen LogP) is 1.58. The Morgan fingerprint density at radius 2 is 1.95 bits per heavy atom. The summed E-state index contributed by atoms with van der Waals surface area (Å²) < 4.78 is 0. The fourth-order valence-electron chi connectivity index (χ4n) is 3.12. The number of likely N-dealkylation sites (N-methyl/N-ethyl adjacent to an activating group) is 1. The first kappa shape index (κ1) is 14.3. The molecule has 2 aliphatic rings. The van der Waals surface area contributed by atoms with Crippen LogP contribution in [0.5, 0.6) is 0 Å². The number of hydrogen-bond acceptors (Lipinski definition) is 3. The third-order valence-electron chi connectivity index (χ3n) is 4.30. The van der Waals surface area contributed by atoms with Crippen LogP contribution in [-0.2, 0) is 4.79 Å². The van der Waals surface area contributed by atoms with Crippen molar-refractivity contribution in [3.63, 3.8) is 0 Å². The van der Waals surface area contributed by atoms with Crippen molar-refractivity contribution in [3.05, 3.63) is 0 Å². The molecule has 5 nitrogen and oxygen atoms in total. The minimum atomic E-state index is -0.749. The zero-order valence-corrected chi connectivity index (χ0v) is 12.2. The maximum absolute atomic E-state index is 12.1. The first-order valence-electron chi connectivity index (χ1n) is 7.34. The summed E-state index contributed by atoms with van der Waals surface area (Å²) >= 11 is 0. The molecular weight excluding hydrogens is 242 g/mol. The second kappa shape index (κ2) is 5.49. The van der Waals surface area contributed by atoms with Crippen molar-refractivity contribution < 1.29 is 9.59 Å². The van der Waals surface area contributed by atoms with Crippen molar-refractivity contribution >= 4 is 11.9 Å².